The molecular formula is C10H18BNO4. The summed E-state index contributed by atoms with van der Waals surface area (Å²) in [5.41, 5.74) is 0. The molecule has 1 amide bonds. The van der Waals surface area contributed by atoms with Crippen LogP contribution in [-0.4, -0.2) is 44.2 Å². The van der Waals surface area contributed by atoms with E-state index in [1.54, 1.807) is 0 Å². The van der Waals surface area contributed by atoms with Crippen LogP contribution in [-0.2, 0) is 14.2 Å². The maximum absolute atomic E-state index is 11.7. The van der Waals surface area contributed by atoms with Crippen molar-refractivity contribution in [3.8, 4) is 0 Å². The number of nitrogens with zero attached hydrogens (tertiary/aromatic N) is 1. The van der Waals surface area contributed by atoms with E-state index in [1.165, 1.54) is 12.9 Å². The largest absolute Gasteiger partial charge is 0.542 e. The summed E-state index contributed by atoms with van der Waals surface area (Å²) >= 11 is 0. The summed E-state index contributed by atoms with van der Waals surface area (Å²) in [6, 6.07) is -0.468. The van der Waals surface area contributed by atoms with E-state index in [4.69, 9.17) is 4.74 Å². The van der Waals surface area contributed by atoms with E-state index in [0.29, 0.717) is 25.5 Å². The zero-order chi connectivity index (χ0) is 12.1. The molecule has 0 spiro atoms. The normalized spacial score (nSPS) is 19.9. The lowest BCUT2D eigenvalue weighted by Gasteiger charge is -2.22. The van der Waals surface area contributed by atoms with Crippen LogP contribution in [0.25, 0.3) is 0 Å². The van der Waals surface area contributed by atoms with Gasteiger partial charge in [-0.05, 0) is 18.8 Å². The quantitative estimate of drug-likeness (QED) is 0.652. The maximum Gasteiger partial charge on any atom is 0.410 e. The van der Waals surface area contributed by atoms with Gasteiger partial charge >= 0.3 is 20.1 Å². The van der Waals surface area contributed by atoms with Gasteiger partial charge in [0, 0.05) is 6.54 Å². The van der Waals surface area contributed by atoms with Crippen molar-refractivity contribution in [1.82, 2.24) is 4.90 Å². The highest BCUT2D eigenvalue weighted by molar-refractivity contribution is 6.06. The summed E-state index contributed by atoms with van der Waals surface area (Å²) in [5, 5.41) is 0. The molecule has 1 saturated heterocycles. The molecule has 16 heavy (non-hydrogen) atoms. The lowest BCUT2D eigenvalue weighted by molar-refractivity contribution is -0.138. The summed E-state index contributed by atoms with van der Waals surface area (Å²) in [6.07, 6.45) is 1.06. The Morgan fingerprint density at radius 2 is 2.19 bits per heavy atom. The second-order valence-corrected chi connectivity index (χ2v) is 4.35. The lowest BCUT2D eigenvalue weighted by atomic mass is 10.2. The van der Waals surface area contributed by atoms with E-state index in [1.807, 2.05) is 13.8 Å². The number of hydrogen-bond acceptors (Lipinski definition) is 4. The second kappa shape index (κ2) is 5.77. The van der Waals surface area contributed by atoms with Crippen molar-refractivity contribution < 1.29 is 19.0 Å². The number of carbonyl (C=O) groups is 2. The van der Waals surface area contributed by atoms with E-state index < -0.39 is 12.1 Å². The Balaban J connectivity index is 2.51. The molecular weight excluding hydrogens is 209 g/mol. The Hall–Kier alpha value is -1.20. The van der Waals surface area contributed by atoms with Gasteiger partial charge in [-0.15, -0.1) is 0 Å². The fourth-order valence-electron chi connectivity index (χ4n) is 1.69. The second-order valence-electron chi connectivity index (χ2n) is 4.35. The summed E-state index contributed by atoms with van der Waals surface area (Å²) in [5.74, 6) is -0.0675. The van der Waals surface area contributed by atoms with Crippen LogP contribution in [0, 0.1) is 5.92 Å². The van der Waals surface area contributed by atoms with E-state index in [9.17, 15) is 9.59 Å². The molecule has 0 radical (unpaired) electrons. The number of amides is 1. The molecule has 1 heterocycles. The molecule has 6 heteroatoms. The zero-order valence-corrected chi connectivity index (χ0v) is 10.1. The number of carbonyl (C=O) groups excluding carboxylic acids is 2. The molecule has 0 aliphatic carbocycles. The van der Waals surface area contributed by atoms with Gasteiger partial charge in [-0.25, -0.2) is 4.79 Å². The first-order valence-corrected chi connectivity index (χ1v) is 5.57. The van der Waals surface area contributed by atoms with Crippen molar-refractivity contribution >= 4 is 20.1 Å². The molecule has 0 N–H and O–H groups in total. The highest BCUT2D eigenvalue weighted by Gasteiger charge is 2.35. The van der Waals surface area contributed by atoms with Crippen molar-refractivity contribution in [3.63, 3.8) is 0 Å². The molecule has 0 aromatic heterocycles. The van der Waals surface area contributed by atoms with Gasteiger partial charge in [-0.1, -0.05) is 13.8 Å². The molecule has 0 aromatic rings. The number of rotatable bonds is 3. The fraction of sp³-hybridized carbons (Fsp3) is 0.800. The Kier molecular flexibility index (Phi) is 4.64. The SMILES string of the molecule is BOC(=O)[C@H]1CCCN1C(=O)OCC(C)C. The zero-order valence-electron chi connectivity index (χ0n) is 10.1. The summed E-state index contributed by atoms with van der Waals surface area (Å²) in [4.78, 5) is 24.5. The van der Waals surface area contributed by atoms with E-state index in [0.717, 1.165) is 6.42 Å². The van der Waals surface area contributed by atoms with Crippen molar-refractivity contribution in [2.24, 2.45) is 5.92 Å². The van der Waals surface area contributed by atoms with Crippen molar-refractivity contribution in [2.75, 3.05) is 13.2 Å². The van der Waals surface area contributed by atoms with Crippen LogP contribution in [0.4, 0.5) is 4.79 Å². The van der Waals surface area contributed by atoms with Crippen molar-refractivity contribution in [1.29, 1.82) is 0 Å². The molecule has 0 bridgehead atoms. The highest BCUT2D eigenvalue weighted by atomic mass is 16.6. The molecule has 1 aliphatic rings. The topological polar surface area (TPSA) is 55.8 Å². The summed E-state index contributed by atoms with van der Waals surface area (Å²) < 4.78 is 9.74. The van der Waals surface area contributed by atoms with Crippen LogP contribution in [0.2, 0.25) is 0 Å². The van der Waals surface area contributed by atoms with Crippen molar-refractivity contribution in [3.05, 3.63) is 0 Å². The first kappa shape index (κ1) is 12.9. The predicted octanol–water partition coefficient (Wildman–Crippen LogP) is 0.335. The summed E-state index contributed by atoms with van der Waals surface area (Å²) in [7, 11) is 1.33. The molecule has 1 fully saturated rings. The average molecular weight is 227 g/mol. The van der Waals surface area contributed by atoms with Gasteiger partial charge in [0.1, 0.15) is 6.04 Å². The Morgan fingerprint density at radius 3 is 2.75 bits per heavy atom. The molecule has 90 valence electrons. The van der Waals surface area contributed by atoms with Gasteiger partial charge in [0.05, 0.1) is 6.61 Å². The van der Waals surface area contributed by atoms with E-state index in [2.05, 4.69) is 4.65 Å². The van der Waals surface area contributed by atoms with E-state index in [-0.39, 0.29) is 5.97 Å². The summed E-state index contributed by atoms with van der Waals surface area (Å²) in [6.45, 7) is 4.88. The minimum absolute atomic E-state index is 0.295. The van der Waals surface area contributed by atoms with Gasteiger partial charge in [-0.2, -0.15) is 0 Å². The molecule has 1 atom stereocenters. The molecule has 5 nitrogen and oxygen atoms in total. The van der Waals surface area contributed by atoms with Crippen LogP contribution in [0.15, 0.2) is 0 Å². The Morgan fingerprint density at radius 1 is 1.50 bits per heavy atom. The minimum atomic E-state index is -0.468. The molecule has 1 rings (SSSR count). The molecule has 0 saturated carbocycles. The van der Waals surface area contributed by atoms with Gasteiger partial charge in [0.15, 0.2) is 0 Å². The van der Waals surface area contributed by atoms with Crippen LogP contribution >= 0.6 is 0 Å². The van der Waals surface area contributed by atoms with Gasteiger partial charge in [0.2, 0.25) is 0 Å². The third-order valence-electron chi connectivity index (χ3n) is 2.50. The van der Waals surface area contributed by atoms with Crippen LogP contribution < -0.4 is 0 Å². The highest BCUT2D eigenvalue weighted by Crippen LogP contribution is 2.19. The van der Waals surface area contributed by atoms with Crippen LogP contribution in [0.3, 0.4) is 0 Å². The van der Waals surface area contributed by atoms with E-state index >= 15 is 0 Å². The average Bonchev–Trinajstić information content (AvgIpc) is 2.73. The maximum atomic E-state index is 11.7. The van der Waals surface area contributed by atoms with Crippen LogP contribution in [0.5, 0.6) is 0 Å². The molecule has 0 aromatic carbocycles. The van der Waals surface area contributed by atoms with Crippen LogP contribution in [0.1, 0.15) is 26.7 Å². The van der Waals surface area contributed by atoms with Crippen molar-refractivity contribution in [2.45, 2.75) is 32.7 Å². The standard InChI is InChI=1S/C10H18BNO4/c1-7(2)6-15-10(14)12-5-3-4-8(12)9(13)16-11/h7-8H,3-6,11H2,1-2H3/t8-/m1/s1. The molecule has 0 unspecified atom stereocenters. The Labute approximate surface area is 96.5 Å². The predicted molar refractivity (Wildman–Crippen MR) is 60.6 cm³/mol. The van der Waals surface area contributed by atoms with Gasteiger partial charge in [-0.3, -0.25) is 9.69 Å². The number of ether oxygens (including phenoxy) is 1. The van der Waals surface area contributed by atoms with Gasteiger partial charge < -0.3 is 9.39 Å². The monoisotopic (exact) mass is 227 g/mol. The molecule has 1 aliphatic heterocycles. The first-order chi connectivity index (χ1) is 7.56. The third-order valence-corrected chi connectivity index (χ3v) is 2.50. The number of hydrogen-bond donors (Lipinski definition) is 0. The fourth-order valence-corrected chi connectivity index (χ4v) is 1.69. The minimum Gasteiger partial charge on any atom is -0.542 e. The third kappa shape index (κ3) is 3.15. The smallest absolute Gasteiger partial charge is 0.410 e. The number of likely N-dealkylation sites (tertiary alicyclic amines) is 1. The van der Waals surface area contributed by atoms with Gasteiger partial charge in [0.25, 0.3) is 0 Å². The first-order valence-electron chi connectivity index (χ1n) is 5.57. The lowest BCUT2D eigenvalue weighted by Crippen LogP contribution is -2.41. The Bertz CT molecular complexity index is 270.